The highest BCUT2D eigenvalue weighted by molar-refractivity contribution is 7.92. The van der Waals surface area contributed by atoms with Crippen molar-refractivity contribution >= 4 is 15.7 Å². The van der Waals surface area contributed by atoms with Crippen LogP contribution in [0, 0.1) is 19.7 Å². The van der Waals surface area contributed by atoms with Gasteiger partial charge >= 0.3 is 0 Å². The zero-order valence-electron chi connectivity index (χ0n) is 13.2. The molecule has 0 unspecified atom stereocenters. The summed E-state index contributed by atoms with van der Waals surface area (Å²) in [5, 5.41) is 4.37. The lowest BCUT2D eigenvalue weighted by Gasteiger charge is -2.14. The number of aromatic nitrogens is 2. The quantitative estimate of drug-likeness (QED) is 0.788. The number of nitrogens with zero attached hydrogens (tertiary/aromatic N) is 2. The number of aryl methyl sites for hydroxylation is 2. The lowest BCUT2D eigenvalue weighted by atomic mass is 10.2. The van der Waals surface area contributed by atoms with E-state index in [4.69, 9.17) is 0 Å². The predicted octanol–water partition coefficient (Wildman–Crippen LogP) is 3.43. The Morgan fingerprint density at radius 3 is 2.38 bits per heavy atom. The van der Waals surface area contributed by atoms with Crippen molar-refractivity contribution in [3.05, 3.63) is 71.8 Å². The number of halogens is 1. The van der Waals surface area contributed by atoms with Gasteiger partial charge in [0.25, 0.3) is 10.0 Å². The summed E-state index contributed by atoms with van der Waals surface area (Å²) >= 11 is 0. The summed E-state index contributed by atoms with van der Waals surface area (Å²) in [6, 6.07) is 14.0. The van der Waals surface area contributed by atoms with E-state index in [1.165, 1.54) is 18.2 Å². The van der Waals surface area contributed by atoms with Gasteiger partial charge in [-0.05, 0) is 44.2 Å². The highest BCUT2D eigenvalue weighted by atomic mass is 32.2. The molecule has 1 aromatic heterocycles. The van der Waals surface area contributed by atoms with Crippen molar-refractivity contribution in [2.45, 2.75) is 18.7 Å². The third-order valence-corrected chi connectivity index (χ3v) is 4.91. The highest BCUT2D eigenvalue weighted by Crippen LogP contribution is 2.25. The summed E-state index contributed by atoms with van der Waals surface area (Å²) in [5.41, 5.74) is 2.58. The lowest BCUT2D eigenvalue weighted by molar-refractivity contribution is 0.570. The standard InChI is InChI=1S/C17H16FN3O2S/c1-12-11-13(2)21(19-12)16-9-5-4-8-15(16)20-24(22,23)17-10-6-3-7-14(17)18/h3-11,20H,1-2H3. The van der Waals surface area contributed by atoms with Crippen molar-refractivity contribution < 1.29 is 12.8 Å². The SMILES string of the molecule is Cc1cc(C)n(-c2ccccc2NS(=O)(=O)c2ccccc2F)n1. The minimum absolute atomic E-state index is 0.326. The predicted molar refractivity (Wildman–Crippen MR) is 90.2 cm³/mol. The van der Waals surface area contributed by atoms with Crippen molar-refractivity contribution in [3.8, 4) is 5.69 Å². The first kappa shape index (κ1) is 16.2. The van der Waals surface area contributed by atoms with Crippen LogP contribution in [0.3, 0.4) is 0 Å². The van der Waals surface area contributed by atoms with Crippen molar-refractivity contribution in [1.29, 1.82) is 0 Å². The van der Waals surface area contributed by atoms with E-state index in [2.05, 4.69) is 9.82 Å². The van der Waals surface area contributed by atoms with Crippen molar-refractivity contribution in [2.75, 3.05) is 4.72 Å². The number of benzene rings is 2. The maximum absolute atomic E-state index is 13.8. The molecule has 0 saturated carbocycles. The van der Waals surface area contributed by atoms with Gasteiger partial charge in [-0.15, -0.1) is 0 Å². The molecule has 0 aliphatic carbocycles. The molecule has 0 aliphatic rings. The van der Waals surface area contributed by atoms with E-state index >= 15 is 0 Å². The van der Waals surface area contributed by atoms with Crippen LogP contribution in [-0.2, 0) is 10.0 Å². The molecule has 0 saturated heterocycles. The Bertz CT molecular complexity index is 997. The molecule has 1 N–H and O–H groups in total. The molecule has 124 valence electrons. The Hall–Kier alpha value is -2.67. The Labute approximate surface area is 139 Å². The normalized spacial score (nSPS) is 11.5. The van der Waals surface area contributed by atoms with Crippen molar-refractivity contribution in [2.24, 2.45) is 0 Å². The van der Waals surface area contributed by atoms with E-state index < -0.39 is 20.7 Å². The summed E-state index contributed by atoms with van der Waals surface area (Å²) < 4.78 is 43.0. The Balaban J connectivity index is 2.06. The molecule has 0 fully saturated rings. The summed E-state index contributed by atoms with van der Waals surface area (Å²) in [6.45, 7) is 3.73. The maximum atomic E-state index is 13.8. The van der Waals surface area contributed by atoms with Crippen LogP contribution < -0.4 is 4.72 Å². The van der Waals surface area contributed by atoms with Gasteiger partial charge in [0.1, 0.15) is 10.7 Å². The topological polar surface area (TPSA) is 64.0 Å². The summed E-state index contributed by atoms with van der Waals surface area (Å²) in [6.07, 6.45) is 0. The molecule has 5 nitrogen and oxygen atoms in total. The number of sulfonamides is 1. The first-order valence-corrected chi connectivity index (χ1v) is 8.77. The second-order valence-electron chi connectivity index (χ2n) is 5.39. The second kappa shape index (κ2) is 6.09. The van der Waals surface area contributed by atoms with Crippen LogP contribution in [0.5, 0.6) is 0 Å². The largest absolute Gasteiger partial charge is 0.277 e. The second-order valence-corrected chi connectivity index (χ2v) is 7.04. The van der Waals surface area contributed by atoms with Gasteiger partial charge in [-0.3, -0.25) is 4.72 Å². The molecule has 0 bridgehead atoms. The van der Waals surface area contributed by atoms with E-state index in [-0.39, 0.29) is 0 Å². The van der Waals surface area contributed by atoms with E-state index in [1.54, 1.807) is 28.9 Å². The van der Waals surface area contributed by atoms with Crippen LogP contribution in [0.2, 0.25) is 0 Å². The minimum atomic E-state index is -4.05. The molecule has 3 rings (SSSR count). The molecule has 0 radical (unpaired) electrons. The number of rotatable bonds is 4. The van der Waals surface area contributed by atoms with Crippen LogP contribution in [0.4, 0.5) is 10.1 Å². The molecule has 0 aliphatic heterocycles. The van der Waals surface area contributed by atoms with Crippen LogP contribution in [-0.4, -0.2) is 18.2 Å². The Morgan fingerprint density at radius 1 is 1.04 bits per heavy atom. The zero-order valence-corrected chi connectivity index (χ0v) is 14.0. The number of anilines is 1. The molecular weight excluding hydrogens is 329 g/mol. The van der Waals surface area contributed by atoms with E-state index in [0.29, 0.717) is 11.4 Å². The van der Waals surface area contributed by atoms with Gasteiger partial charge in [0, 0.05) is 5.69 Å². The monoisotopic (exact) mass is 345 g/mol. The van der Waals surface area contributed by atoms with Crippen LogP contribution in [0.15, 0.2) is 59.5 Å². The van der Waals surface area contributed by atoms with Gasteiger partial charge in [-0.1, -0.05) is 24.3 Å². The first-order chi connectivity index (χ1) is 11.4. The molecule has 24 heavy (non-hydrogen) atoms. The fourth-order valence-corrected chi connectivity index (χ4v) is 3.63. The molecule has 0 atom stereocenters. The van der Waals surface area contributed by atoms with Crippen molar-refractivity contribution in [1.82, 2.24) is 9.78 Å². The smallest absolute Gasteiger partial charge is 0.264 e. The van der Waals surface area contributed by atoms with Gasteiger partial charge in [0.15, 0.2) is 0 Å². The molecule has 7 heteroatoms. The van der Waals surface area contributed by atoms with Gasteiger partial charge in [-0.2, -0.15) is 5.10 Å². The fourth-order valence-electron chi connectivity index (χ4n) is 2.48. The minimum Gasteiger partial charge on any atom is -0.277 e. The number of para-hydroxylation sites is 2. The van der Waals surface area contributed by atoms with Crippen LogP contribution in [0.25, 0.3) is 5.69 Å². The van der Waals surface area contributed by atoms with Gasteiger partial charge in [0.2, 0.25) is 0 Å². The molecule has 1 heterocycles. The molecule has 3 aromatic rings. The van der Waals surface area contributed by atoms with E-state index in [0.717, 1.165) is 17.5 Å². The number of hydrogen-bond acceptors (Lipinski definition) is 3. The average molecular weight is 345 g/mol. The summed E-state index contributed by atoms with van der Waals surface area (Å²) in [4.78, 5) is -0.395. The fraction of sp³-hybridized carbons (Fsp3) is 0.118. The third-order valence-electron chi connectivity index (χ3n) is 3.51. The zero-order chi connectivity index (χ0) is 17.3. The van der Waals surface area contributed by atoms with Gasteiger partial charge in [0.05, 0.1) is 17.1 Å². The Kier molecular flexibility index (Phi) is 4.11. The molecule has 2 aromatic carbocycles. The van der Waals surface area contributed by atoms with Gasteiger partial charge in [-0.25, -0.2) is 17.5 Å². The molecule has 0 amide bonds. The maximum Gasteiger partial charge on any atom is 0.264 e. The molecular formula is C17H16FN3O2S. The third kappa shape index (κ3) is 3.03. The summed E-state index contributed by atoms with van der Waals surface area (Å²) in [5.74, 6) is -0.798. The highest BCUT2D eigenvalue weighted by Gasteiger charge is 2.20. The average Bonchev–Trinajstić information content (AvgIpc) is 2.86. The van der Waals surface area contributed by atoms with E-state index in [1.807, 2.05) is 19.9 Å². The van der Waals surface area contributed by atoms with Gasteiger partial charge < -0.3 is 0 Å². The number of hydrogen-bond donors (Lipinski definition) is 1. The van der Waals surface area contributed by atoms with E-state index in [9.17, 15) is 12.8 Å². The number of nitrogens with one attached hydrogen (secondary N) is 1. The Morgan fingerprint density at radius 2 is 1.71 bits per heavy atom. The van der Waals surface area contributed by atoms with Crippen LogP contribution >= 0.6 is 0 Å². The lowest BCUT2D eigenvalue weighted by Crippen LogP contribution is -2.16. The van der Waals surface area contributed by atoms with Crippen molar-refractivity contribution in [3.63, 3.8) is 0 Å². The summed E-state index contributed by atoms with van der Waals surface area (Å²) in [7, 11) is -4.05. The van der Waals surface area contributed by atoms with Crippen LogP contribution in [0.1, 0.15) is 11.4 Å². The molecule has 0 spiro atoms. The first-order valence-electron chi connectivity index (χ1n) is 7.28.